The Balaban J connectivity index is 1.83. The van der Waals surface area contributed by atoms with Gasteiger partial charge in [-0.3, -0.25) is 9.29 Å². The minimum atomic E-state index is -1.44. The number of fused-ring (bicyclic) bond motifs is 1. The maximum absolute atomic E-state index is 12.8. The van der Waals surface area contributed by atoms with Crippen LogP contribution in [0.15, 0.2) is 29.5 Å². The predicted octanol–water partition coefficient (Wildman–Crippen LogP) is 2.34. The smallest absolute Gasteiger partial charge is 0.204 e. The molecule has 2 aliphatic rings. The lowest BCUT2D eigenvalue weighted by Crippen LogP contribution is -2.52. The fourth-order valence-corrected chi connectivity index (χ4v) is 6.25. The monoisotopic (exact) mass is 412 g/mol. The highest BCUT2D eigenvalue weighted by Crippen LogP contribution is 2.51. The summed E-state index contributed by atoms with van der Waals surface area (Å²) in [5.74, 6) is 0.885. The molecule has 0 aliphatic carbocycles. The van der Waals surface area contributed by atoms with Crippen molar-refractivity contribution in [1.82, 2.24) is 9.29 Å². The van der Waals surface area contributed by atoms with E-state index in [1.54, 1.807) is 26.6 Å². The minimum absolute atomic E-state index is 0.221. The molecule has 3 atom stereocenters. The third kappa shape index (κ3) is 2.61. The second-order valence-electron chi connectivity index (χ2n) is 6.02. The van der Waals surface area contributed by atoms with Gasteiger partial charge in [0, 0.05) is 30.1 Å². The first-order valence-electron chi connectivity index (χ1n) is 7.87. The number of pyridine rings is 1. The summed E-state index contributed by atoms with van der Waals surface area (Å²) in [4.78, 5) is 10.6. The predicted molar refractivity (Wildman–Crippen MR) is 103 cm³/mol. The van der Waals surface area contributed by atoms with Crippen molar-refractivity contribution in [2.24, 2.45) is 10.7 Å². The molecule has 4 rings (SSSR count). The Morgan fingerprint density at radius 3 is 3.08 bits per heavy atom. The fraction of sp³-hybridized carbons (Fsp3) is 0.375. The van der Waals surface area contributed by atoms with Gasteiger partial charge >= 0.3 is 0 Å². The molecule has 2 aliphatic heterocycles. The van der Waals surface area contributed by atoms with Gasteiger partial charge in [-0.1, -0.05) is 11.6 Å². The number of halogens is 1. The van der Waals surface area contributed by atoms with Crippen LogP contribution < -0.4 is 10.5 Å². The number of methoxy groups -OCH3 is 1. The molecule has 0 aromatic carbocycles. The summed E-state index contributed by atoms with van der Waals surface area (Å²) in [5.41, 5.74) is 5.47. The van der Waals surface area contributed by atoms with E-state index >= 15 is 0 Å². The van der Waals surface area contributed by atoms with E-state index in [1.165, 1.54) is 15.6 Å². The highest BCUT2D eigenvalue weighted by molar-refractivity contribution is 7.83. The van der Waals surface area contributed by atoms with Crippen LogP contribution in [0.3, 0.4) is 0 Å². The van der Waals surface area contributed by atoms with Crippen LogP contribution in [0.1, 0.15) is 11.3 Å². The molecule has 1 saturated heterocycles. The number of rotatable bonds is 3. The van der Waals surface area contributed by atoms with Crippen molar-refractivity contribution in [1.29, 1.82) is 0 Å². The van der Waals surface area contributed by atoms with Gasteiger partial charge in [-0.05, 0) is 12.1 Å². The SMILES string of the molecule is COc1cncc(-c2cc(Cl)c(C34CCOC3S(=O)N(C)C(N)=N4)s2)c1. The Morgan fingerprint density at radius 2 is 2.31 bits per heavy atom. The Labute approximate surface area is 162 Å². The van der Waals surface area contributed by atoms with Crippen molar-refractivity contribution in [2.45, 2.75) is 17.4 Å². The van der Waals surface area contributed by atoms with E-state index in [0.717, 1.165) is 15.3 Å². The largest absolute Gasteiger partial charge is 0.495 e. The summed E-state index contributed by atoms with van der Waals surface area (Å²) in [6.45, 7) is 0.450. The molecule has 0 amide bonds. The first kappa shape index (κ1) is 17.7. The van der Waals surface area contributed by atoms with E-state index in [2.05, 4.69) is 9.98 Å². The average Bonchev–Trinajstić information content (AvgIpc) is 3.24. The minimum Gasteiger partial charge on any atom is -0.495 e. The zero-order valence-corrected chi connectivity index (χ0v) is 16.5. The van der Waals surface area contributed by atoms with Gasteiger partial charge < -0.3 is 15.2 Å². The topological polar surface area (TPSA) is 90.0 Å². The lowest BCUT2D eigenvalue weighted by atomic mass is 9.97. The average molecular weight is 413 g/mol. The molecule has 2 aromatic heterocycles. The van der Waals surface area contributed by atoms with Gasteiger partial charge in [-0.25, -0.2) is 9.20 Å². The maximum atomic E-state index is 12.8. The Hall–Kier alpha value is -1.68. The lowest BCUT2D eigenvalue weighted by Gasteiger charge is -2.36. The first-order valence-corrected chi connectivity index (χ1v) is 10.2. The van der Waals surface area contributed by atoms with Crippen LogP contribution in [0, 0.1) is 0 Å². The summed E-state index contributed by atoms with van der Waals surface area (Å²) in [6.07, 6.45) is 3.97. The number of ether oxygens (including phenoxy) is 2. The number of nitrogens with two attached hydrogens (primary N) is 1. The number of aliphatic imine (C=N–C) groups is 1. The highest BCUT2D eigenvalue weighted by atomic mass is 35.5. The number of hydrogen-bond acceptors (Lipinski definition) is 7. The molecule has 7 nitrogen and oxygen atoms in total. The molecule has 26 heavy (non-hydrogen) atoms. The van der Waals surface area contributed by atoms with Crippen LogP contribution in [0.5, 0.6) is 5.75 Å². The summed E-state index contributed by atoms with van der Waals surface area (Å²) >= 11 is 8.06. The van der Waals surface area contributed by atoms with Crippen LogP contribution in [0.25, 0.3) is 10.4 Å². The zero-order chi connectivity index (χ0) is 18.5. The summed E-state index contributed by atoms with van der Waals surface area (Å²) in [5, 5.41) is 0.557. The van der Waals surface area contributed by atoms with Gasteiger partial charge in [0.1, 0.15) is 11.3 Å². The van der Waals surface area contributed by atoms with Gasteiger partial charge in [0.25, 0.3) is 0 Å². The van der Waals surface area contributed by atoms with Crippen molar-refractivity contribution in [3.05, 3.63) is 34.4 Å². The molecular formula is C16H17ClN4O3S2. The van der Waals surface area contributed by atoms with E-state index in [-0.39, 0.29) is 5.96 Å². The van der Waals surface area contributed by atoms with E-state index in [4.69, 9.17) is 26.8 Å². The molecule has 0 bridgehead atoms. The van der Waals surface area contributed by atoms with E-state index < -0.39 is 22.0 Å². The number of thiophene rings is 1. The Bertz CT molecular complexity index is 919. The van der Waals surface area contributed by atoms with E-state index in [1.807, 2.05) is 12.1 Å². The van der Waals surface area contributed by atoms with Gasteiger partial charge in [0.2, 0.25) is 5.96 Å². The number of aromatic nitrogens is 1. The molecule has 0 radical (unpaired) electrons. The maximum Gasteiger partial charge on any atom is 0.204 e. The van der Waals surface area contributed by atoms with Crippen LogP contribution in [-0.4, -0.2) is 45.7 Å². The summed E-state index contributed by atoms with van der Waals surface area (Å²) < 4.78 is 25.2. The molecule has 0 saturated carbocycles. The standard InChI is InChI=1S/C16H17ClN4O3S2/c1-21-15(18)20-16(3-4-24-14(16)26(21)22)13-11(17)6-12(25-13)9-5-10(23-2)8-19-7-9/h5-8,14H,3-4H2,1-2H3,(H2,18,20). The van der Waals surface area contributed by atoms with Crippen molar-refractivity contribution < 1.29 is 13.7 Å². The van der Waals surface area contributed by atoms with Crippen molar-refractivity contribution in [3.63, 3.8) is 0 Å². The quantitative estimate of drug-likeness (QED) is 0.835. The molecule has 2 N–H and O–H groups in total. The molecule has 3 unspecified atom stereocenters. The van der Waals surface area contributed by atoms with Crippen LogP contribution >= 0.6 is 22.9 Å². The van der Waals surface area contributed by atoms with Gasteiger partial charge in [-0.15, -0.1) is 11.3 Å². The zero-order valence-electron chi connectivity index (χ0n) is 14.1. The number of guanidine groups is 1. The van der Waals surface area contributed by atoms with Gasteiger partial charge in [0.15, 0.2) is 16.4 Å². The normalized spacial score (nSPS) is 28.0. The summed E-state index contributed by atoms with van der Waals surface area (Å²) in [6, 6.07) is 3.76. The van der Waals surface area contributed by atoms with Gasteiger partial charge in [0.05, 0.1) is 29.8 Å². The second kappa shape index (κ2) is 6.49. The van der Waals surface area contributed by atoms with E-state index in [9.17, 15) is 4.21 Å². The fourth-order valence-electron chi connectivity index (χ4n) is 3.16. The van der Waals surface area contributed by atoms with Crippen molar-refractivity contribution >= 4 is 39.9 Å². The molecule has 2 aromatic rings. The molecule has 138 valence electrons. The third-order valence-electron chi connectivity index (χ3n) is 4.55. The van der Waals surface area contributed by atoms with Gasteiger partial charge in [-0.2, -0.15) is 0 Å². The molecule has 1 fully saturated rings. The molecular weight excluding hydrogens is 396 g/mol. The molecule has 4 heterocycles. The Morgan fingerprint density at radius 1 is 1.50 bits per heavy atom. The number of hydrogen-bond donors (Lipinski definition) is 1. The van der Waals surface area contributed by atoms with E-state index in [0.29, 0.717) is 23.8 Å². The number of nitrogens with zero attached hydrogens (tertiary/aromatic N) is 3. The molecule has 0 spiro atoms. The lowest BCUT2D eigenvalue weighted by molar-refractivity contribution is 0.141. The first-order chi connectivity index (χ1) is 12.5. The van der Waals surface area contributed by atoms with Crippen molar-refractivity contribution in [3.8, 4) is 16.2 Å². The van der Waals surface area contributed by atoms with Crippen molar-refractivity contribution in [2.75, 3.05) is 20.8 Å². The highest BCUT2D eigenvalue weighted by Gasteiger charge is 2.55. The van der Waals surface area contributed by atoms with Crippen LogP contribution in [-0.2, 0) is 21.3 Å². The molecule has 10 heteroatoms. The third-order valence-corrected chi connectivity index (χ3v) is 7.93. The second-order valence-corrected chi connectivity index (χ2v) is 9.01. The Kier molecular flexibility index (Phi) is 4.42. The van der Waals surface area contributed by atoms with Crippen LogP contribution in [0.4, 0.5) is 0 Å². The van der Waals surface area contributed by atoms with Crippen LogP contribution in [0.2, 0.25) is 5.02 Å². The summed E-state index contributed by atoms with van der Waals surface area (Å²) in [7, 11) is 1.80.